The Morgan fingerprint density at radius 1 is 1.39 bits per heavy atom. The summed E-state index contributed by atoms with van der Waals surface area (Å²) in [6.07, 6.45) is 0. The second-order valence-corrected chi connectivity index (χ2v) is 6.28. The van der Waals surface area contributed by atoms with Crippen molar-refractivity contribution in [2.75, 3.05) is 18.5 Å². The summed E-state index contributed by atoms with van der Waals surface area (Å²) in [4.78, 5) is 12.0. The number of aryl methyl sites for hydroxylation is 1. The number of aliphatic hydroxyl groups is 1. The van der Waals surface area contributed by atoms with Crippen molar-refractivity contribution >= 4 is 23.1 Å². The van der Waals surface area contributed by atoms with Gasteiger partial charge in [0.25, 0.3) is 0 Å². The molecule has 1 aromatic carbocycles. The molecule has 1 heterocycles. The second-order valence-electron chi connectivity index (χ2n) is 5.50. The fourth-order valence-electron chi connectivity index (χ4n) is 2.12. The van der Waals surface area contributed by atoms with Crippen LogP contribution < -0.4 is 15.4 Å². The number of anilines is 1. The molecule has 2 aromatic rings. The van der Waals surface area contributed by atoms with Gasteiger partial charge in [0.15, 0.2) is 0 Å². The van der Waals surface area contributed by atoms with Gasteiger partial charge in [-0.2, -0.15) is 11.3 Å². The lowest BCUT2D eigenvalue weighted by molar-refractivity contribution is 0.0604. The lowest BCUT2D eigenvalue weighted by atomic mass is 9.99. The van der Waals surface area contributed by atoms with Gasteiger partial charge in [0, 0.05) is 5.69 Å². The number of benzene rings is 1. The predicted molar refractivity (Wildman–Crippen MR) is 93.3 cm³/mol. The minimum atomic E-state index is -1.09. The number of amides is 2. The zero-order chi connectivity index (χ0) is 16.9. The average molecular weight is 334 g/mol. The highest BCUT2D eigenvalue weighted by molar-refractivity contribution is 7.08. The van der Waals surface area contributed by atoms with E-state index in [0.717, 1.165) is 16.9 Å². The standard InChI is InChI=1S/C17H22N2O3S/c1-4-22-14-5-6-15(12(2)9-14)19-16(20)18-11-17(3,21)13-7-8-23-10-13/h5-10,21H,4,11H2,1-3H3,(H2,18,19,20)/t17-/m0/s1. The number of nitrogens with one attached hydrogen (secondary N) is 2. The Morgan fingerprint density at radius 3 is 2.78 bits per heavy atom. The molecule has 0 aliphatic carbocycles. The molecule has 2 rings (SSSR count). The number of carbonyl (C=O) groups excluding carboxylic acids is 1. The van der Waals surface area contributed by atoms with Gasteiger partial charge in [0.1, 0.15) is 11.4 Å². The smallest absolute Gasteiger partial charge is 0.319 e. The quantitative estimate of drug-likeness (QED) is 0.757. The number of carbonyl (C=O) groups is 1. The summed E-state index contributed by atoms with van der Waals surface area (Å²) >= 11 is 1.51. The number of thiophene rings is 1. The van der Waals surface area contributed by atoms with Crippen LogP contribution in [0.25, 0.3) is 0 Å². The highest BCUT2D eigenvalue weighted by Gasteiger charge is 2.24. The van der Waals surface area contributed by atoms with E-state index in [1.807, 2.05) is 42.8 Å². The van der Waals surface area contributed by atoms with Gasteiger partial charge in [0.2, 0.25) is 0 Å². The maximum atomic E-state index is 12.0. The largest absolute Gasteiger partial charge is 0.494 e. The Balaban J connectivity index is 1.92. The summed E-state index contributed by atoms with van der Waals surface area (Å²) in [7, 11) is 0. The molecule has 1 atom stereocenters. The molecule has 0 unspecified atom stereocenters. The summed E-state index contributed by atoms with van der Waals surface area (Å²) in [5, 5.41) is 19.6. The van der Waals surface area contributed by atoms with E-state index in [9.17, 15) is 9.90 Å². The highest BCUT2D eigenvalue weighted by atomic mass is 32.1. The van der Waals surface area contributed by atoms with Crippen LogP contribution in [0.5, 0.6) is 5.75 Å². The molecule has 5 nitrogen and oxygen atoms in total. The minimum Gasteiger partial charge on any atom is -0.494 e. The van der Waals surface area contributed by atoms with Crippen LogP contribution in [-0.2, 0) is 5.60 Å². The lowest BCUT2D eigenvalue weighted by Gasteiger charge is -2.23. The topological polar surface area (TPSA) is 70.6 Å². The fourth-order valence-corrected chi connectivity index (χ4v) is 2.91. The summed E-state index contributed by atoms with van der Waals surface area (Å²) in [6.45, 7) is 6.24. The van der Waals surface area contributed by atoms with E-state index in [2.05, 4.69) is 10.6 Å². The van der Waals surface area contributed by atoms with Crippen LogP contribution in [-0.4, -0.2) is 24.3 Å². The van der Waals surface area contributed by atoms with E-state index in [1.165, 1.54) is 11.3 Å². The van der Waals surface area contributed by atoms with Crippen molar-refractivity contribution in [1.82, 2.24) is 5.32 Å². The first-order chi connectivity index (χ1) is 10.9. The van der Waals surface area contributed by atoms with Gasteiger partial charge in [-0.3, -0.25) is 0 Å². The van der Waals surface area contributed by atoms with Crippen LogP contribution in [0.15, 0.2) is 35.0 Å². The van der Waals surface area contributed by atoms with E-state index in [4.69, 9.17) is 4.74 Å². The summed E-state index contributed by atoms with van der Waals surface area (Å²) in [5.41, 5.74) is 1.32. The van der Waals surface area contributed by atoms with Gasteiger partial charge in [-0.15, -0.1) is 0 Å². The SMILES string of the molecule is CCOc1ccc(NC(=O)NC[C@](C)(O)c2ccsc2)c(C)c1. The molecule has 0 bridgehead atoms. The third-order valence-corrected chi connectivity index (χ3v) is 4.18. The predicted octanol–water partition coefficient (Wildman–Crippen LogP) is 3.48. The number of hydrogen-bond acceptors (Lipinski definition) is 4. The van der Waals surface area contributed by atoms with Crippen molar-refractivity contribution in [3.05, 3.63) is 46.2 Å². The zero-order valence-corrected chi connectivity index (χ0v) is 14.4. The van der Waals surface area contributed by atoms with Crippen LogP contribution in [0.3, 0.4) is 0 Å². The van der Waals surface area contributed by atoms with Crippen molar-refractivity contribution in [2.24, 2.45) is 0 Å². The first kappa shape index (κ1) is 17.3. The summed E-state index contributed by atoms with van der Waals surface area (Å²) in [5.74, 6) is 0.774. The van der Waals surface area contributed by atoms with Gasteiger partial charge in [-0.25, -0.2) is 4.79 Å². The molecule has 0 aliphatic heterocycles. The van der Waals surface area contributed by atoms with Crippen LogP contribution in [0.2, 0.25) is 0 Å². The van der Waals surface area contributed by atoms with Crippen molar-refractivity contribution < 1.29 is 14.6 Å². The van der Waals surface area contributed by atoms with Gasteiger partial charge >= 0.3 is 6.03 Å². The van der Waals surface area contributed by atoms with E-state index >= 15 is 0 Å². The third kappa shape index (κ3) is 4.71. The third-order valence-electron chi connectivity index (χ3n) is 3.49. The van der Waals surface area contributed by atoms with Crippen molar-refractivity contribution in [3.63, 3.8) is 0 Å². The highest BCUT2D eigenvalue weighted by Crippen LogP contribution is 2.23. The molecular formula is C17H22N2O3S. The maximum absolute atomic E-state index is 12.0. The Kier molecular flexibility index (Phi) is 5.63. The lowest BCUT2D eigenvalue weighted by Crippen LogP contribution is -2.40. The molecule has 0 spiro atoms. The number of rotatable bonds is 6. The molecule has 0 fully saturated rings. The molecule has 0 aliphatic rings. The Labute approximate surface area is 140 Å². The van der Waals surface area contributed by atoms with Crippen LogP contribution in [0.4, 0.5) is 10.5 Å². The van der Waals surface area contributed by atoms with E-state index < -0.39 is 5.60 Å². The molecular weight excluding hydrogens is 312 g/mol. The van der Waals surface area contributed by atoms with Crippen LogP contribution in [0.1, 0.15) is 25.0 Å². The van der Waals surface area contributed by atoms with E-state index in [1.54, 1.807) is 13.0 Å². The van der Waals surface area contributed by atoms with Crippen LogP contribution in [0, 0.1) is 6.92 Å². The van der Waals surface area contributed by atoms with Gasteiger partial charge < -0.3 is 20.5 Å². The molecule has 2 amide bonds. The number of urea groups is 1. The molecule has 3 N–H and O–H groups in total. The van der Waals surface area contributed by atoms with E-state index in [-0.39, 0.29) is 12.6 Å². The minimum absolute atomic E-state index is 0.131. The Morgan fingerprint density at radius 2 is 2.17 bits per heavy atom. The molecule has 0 saturated heterocycles. The number of ether oxygens (including phenoxy) is 1. The molecule has 0 saturated carbocycles. The first-order valence-electron chi connectivity index (χ1n) is 7.45. The second kappa shape index (κ2) is 7.48. The Hall–Kier alpha value is -2.05. The molecule has 6 heteroatoms. The van der Waals surface area contributed by atoms with Crippen LogP contribution >= 0.6 is 11.3 Å². The van der Waals surface area contributed by atoms with Gasteiger partial charge in [-0.1, -0.05) is 0 Å². The number of hydrogen-bond donors (Lipinski definition) is 3. The molecule has 0 radical (unpaired) electrons. The Bertz CT molecular complexity index is 654. The van der Waals surface area contributed by atoms with E-state index in [0.29, 0.717) is 12.3 Å². The molecule has 124 valence electrons. The van der Waals surface area contributed by atoms with Gasteiger partial charge in [0.05, 0.1) is 13.2 Å². The van der Waals surface area contributed by atoms with Crippen molar-refractivity contribution in [1.29, 1.82) is 0 Å². The molecule has 23 heavy (non-hydrogen) atoms. The average Bonchev–Trinajstić information content (AvgIpc) is 3.04. The normalized spacial score (nSPS) is 13.2. The van der Waals surface area contributed by atoms with Crippen molar-refractivity contribution in [2.45, 2.75) is 26.4 Å². The zero-order valence-electron chi connectivity index (χ0n) is 13.6. The summed E-state index contributed by atoms with van der Waals surface area (Å²) < 4.78 is 5.42. The fraction of sp³-hybridized carbons (Fsp3) is 0.353. The van der Waals surface area contributed by atoms with Gasteiger partial charge in [-0.05, 0) is 66.9 Å². The maximum Gasteiger partial charge on any atom is 0.319 e. The monoisotopic (exact) mass is 334 g/mol. The van der Waals surface area contributed by atoms with Crippen molar-refractivity contribution in [3.8, 4) is 5.75 Å². The summed E-state index contributed by atoms with van der Waals surface area (Å²) in [6, 6.07) is 6.99. The molecule has 1 aromatic heterocycles. The first-order valence-corrected chi connectivity index (χ1v) is 8.40.